The van der Waals surface area contributed by atoms with Crippen LogP contribution in [0.15, 0.2) is 24.3 Å². The van der Waals surface area contributed by atoms with Gasteiger partial charge in [-0.05, 0) is 37.0 Å². The summed E-state index contributed by atoms with van der Waals surface area (Å²) in [6.45, 7) is 1.28. The Morgan fingerprint density at radius 2 is 1.85 bits per heavy atom. The van der Waals surface area contributed by atoms with Crippen LogP contribution in [0.4, 0.5) is 5.69 Å². The Hall–Kier alpha value is -1.59. The van der Waals surface area contributed by atoms with Crippen LogP contribution in [-0.4, -0.2) is 34.9 Å². The van der Waals surface area contributed by atoms with E-state index in [2.05, 4.69) is 5.32 Å². The summed E-state index contributed by atoms with van der Waals surface area (Å²) in [4.78, 5) is 12.5. The van der Waals surface area contributed by atoms with Crippen molar-refractivity contribution in [2.45, 2.75) is 37.1 Å². The van der Waals surface area contributed by atoms with Gasteiger partial charge in [0.2, 0.25) is 5.91 Å². The van der Waals surface area contributed by atoms with Crippen molar-refractivity contribution in [1.29, 1.82) is 0 Å². The summed E-state index contributed by atoms with van der Waals surface area (Å²) < 4.78 is 0. The van der Waals surface area contributed by atoms with Gasteiger partial charge in [-0.15, -0.1) is 0 Å². The van der Waals surface area contributed by atoms with Crippen molar-refractivity contribution in [2.24, 2.45) is 0 Å². The highest BCUT2D eigenvalue weighted by Crippen LogP contribution is 2.48. The zero-order valence-corrected chi connectivity index (χ0v) is 11.7. The van der Waals surface area contributed by atoms with E-state index in [4.69, 9.17) is 5.73 Å². The quantitative estimate of drug-likeness (QED) is 0.571. The molecule has 20 heavy (non-hydrogen) atoms. The number of hydrogen-bond donors (Lipinski definition) is 4. The number of carbonyl (C=O) groups is 1. The van der Waals surface area contributed by atoms with Gasteiger partial charge in [-0.3, -0.25) is 4.79 Å². The van der Waals surface area contributed by atoms with Gasteiger partial charge in [0.25, 0.3) is 0 Å². The van der Waals surface area contributed by atoms with E-state index in [-0.39, 0.29) is 19.1 Å². The van der Waals surface area contributed by atoms with Crippen molar-refractivity contribution in [3.8, 4) is 0 Å². The Balaban J connectivity index is 2.18. The Morgan fingerprint density at radius 3 is 2.25 bits per heavy atom. The first-order valence-corrected chi connectivity index (χ1v) is 6.92. The third-order valence-electron chi connectivity index (χ3n) is 4.31. The molecule has 5 nitrogen and oxygen atoms in total. The molecule has 0 radical (unpaired) electrons. The summed E-state index contributed by atoms with van der Waals surface area (Å²) in [5, 5.41) is 21.7. The maximum Gasteiger partial charge on any atom is 0.231 e. The fraction of sp³-hybridized carbons (Fsp3) is 0.533. The molecule has 5 heteroatoms. The summed E-state index contributed by atoms with van der Waals surface area (Å²) in [6, 6.07) is 7.31. The predicted molar refractivity (Wildman–Crippen MR) is 77.1 cm³/mol. The van der Waals surface area contributed by atoms with Gasteiger partial charge in [0.05, 0.1) is 24.2 Å². The lowest BCUT2D eigenvalue weighted by Gasteiger charge is -2.32. The minimum Gasteiger partial charge on any atom is -0.399 e. The standard InChI is InChI=1S/C15H22N2O3/c1-2-14(9-18,10-19)17-13(20)15(7-8-15)11-3-5-12(16)6-4-11/h3-6,18-19H,2,7-10,16H2,1H3,(H,17,20). The topological polar surface area (TPSA) is 95.6 Å². The molecule has 1 aromatic carbocycles. The van der Waals surface area contributed by atoms with Crippen LogP contribution in [0.5, 0.6) is 0 Å². The molecule has 0 saturated heterocycles. The molecule has 1 aromatic rings. The molecule has 0 heterocycles. The SMILES string of the molecule is CCC(CO)(CO)NC(=O)C1(c2ccc(N)cc2)CC1. The van der Waals surface area contributed by atoms with Gasteiger partial charge in [0, 0.05) is 5.69 Å². The molecule has 0 spiro atoms. The first-order chi connectivity index (χ1) is 9.52. The Labute approximate surface area is 118 Å². The maximum absolute atomic E-state index is 12.5. The van der Waals surface area contributed by atoms with Crippen molar-refractivity contribution < 1.29 is 15.0 Å². The smallest absolute Gasteiger partial charge is 0.231 e. The molecule has 0 bridgehead atoms. The van der Waals surface area contributed by atoms with Crippen LogP contribution in [0, 0.1) is 0 Å². The van der Waals surface area contributed by atoms with Crippen molar-refractivity contribution in [3.63, 3.8) is 0 Å². The summed E-state index contributed by atoms with van der Waals surface area (Å²) in [5.41, 5.74) is 5.79. The van der Waals surface area contributed by atoms with Crippen LogP contribution in [0.1, 0.15) is 31.7 Å². The van der Waals surface area contributed by atoms with E-state index in [9.17, 15) is 15.0 Å². The first kappa shape index (κ1) is 14.8. The Bertz CT molecular complexity index is 468. The van der Waals surface area contributed by atoms with Crippen LogP contribution in [0.3, 0.4) is 0 Å². The van der Waals surface area contributed by atoms with Crippen molar-refractivity contribution in [3.05, 3.63) is 29.8 Å². The van der Waals surface area contributed by atoms with Crippen molar-refractivity contribution >= 4 is 11.6 Å². The van der Waals surface area contributed by atoms with Crippen molar-refractivity contribution in [2.75, 3.05) is 18.9 Å². The molecule has 5 N–H and O–H groups in total. The molecule has 0 atom stereocenters. The summed E-state index contributed by atoms with van der Waals surface area (Å²) in [5.74, 6) is -0.132. The largest absolute Gasteiger partial charge is 0.399 e. The first-order valence-electron chi connectivity index (χ1n) is 6.92. The molecule has 0 aromatic heterocycles. The van der Waals surface area contributed by atoms with E-state index in [1.165, 1.54) is 0 Å². The molecular weight excluding hydrogens is 256 g/mol. The highest BCUT2D eigenvalue weighted by Gasteiger charge is 2.52. The summed E-state index contributed by atoms with van der Waals surface area (Å²) in [6.07, 6.45) is 2.03. The molecule has 1 aliphatic rings. The highest BCUT2D eigenvalue weighted by molar-refractivity contribution is 5.92. The third kappa shape index (κ3) is 2.51. The van der Waals surface area contributed by atoms with Crippen LogP contribution in [0.2, 0.25) is 0 Å². The molecule has 1 saturated carbocycles. The van der Waals surface area contributed by atoms with Gasteiger partial charge in [-0.1, -0.05) is 19.1 Å². The molecule has 1 aliphatic carbocycles. The normalized spacial score (nSPS) is 16.8. The Morgan fingerprint density at radius 1 is 1.30 bits per heavy atom. The lowest BCUT2D eigenvalue weighted by atomic mass is 9.91. The number of nitrogen functional groups attached to an aromatic ring is 1. The third-order valence-corrected chi connectivity index (χ3v) is 4.31. The number of rotatable bonds is 6. The number of hydrogen-bond acceptors (Lipinski definition) is 4. The van der Waals surface area contributed by atoms with Gasteiger partial charge >= 0.3 is 0 Å². The lowest BCUT2D eigenvalue weighted by molar-refractivity contribution is -0.127. The Kier molecular flexibility index (Phi) is 4.01. The van der Waals surface area contributed by atoms with Crippen LogP contribution in [0.25, 0.3) is 0 Å². The maximum atomic E-state index is 12.5. The minimum atomic E-state index is -0.944. The number of benzene rings is 1. The predicted octanol–water partition coefficient (Wildman–Crippen LogP) is 0.550. The number of anilines is 1. The number of aliphatic hydroxyl groups is 2. The van der Waals surface area contributed by atoms with Crippen LogP contribution < -0.4 is 11.1 Å². The molecule has 1 amide bonds. The fourth-order valence-corrected chi connectivity index (χ4v) is 2.38. The van der Waals surface area contributed by atoms with Crippen molar-refractivity contribution in [1.82, 2.24) is 5.32 Å². The van der Waals surface area contributed by atoms with E-state index in [1.54, 1.807) is 12.1 Å². The molecule has 0 aliphatic heterocycles. The van der Waals surface area contributed by atoms with E-state index < -0.39 is 11.0 Å². The average Bonchev–Trinajstić information content (AvgIpc) is 3.27. The van der Waals surface area contributed by atoms with E-state index in [1.807, 2.05) is 19.1 Å². The molecule has 1 fully saturated rings. The highest BCUT2D eigenvalue weighted by atomic mass is 16.3. The molecule has 2 rings (SSSR count). The van der Waals surface area contributed by atoms with Gasteiger partial charge in [0.15, 0.2) is 0 Å². The molecule has 0 unspecified atom stereocenters. The van der Waals surface area contributed by atoms with E-state index >= 15 is 0 Å². The van der Waals surface area contributed by atoms with E-state index in [0.29, 0.717) is 12.1 Å². The number of nitrogens with two attached hydrogens (primary N) is 1. The molecule has 110 valence electrons. The van der Waals surface area contributed by atoms with Gasteiger partial charge in [-0.25, -0.2) is 0 Å². The number of aliphatic hydroxyl groups excluding tert-OH is 2. The second-order valence-electron chi connectivity index (χ2n) is 5.61. The second kappa shape index (κ2) is 5.42. The summed E-state index contributed by atoms with van der Waals surface area (Å²) >= 11 is 0. The monoisotopic (exact) mass is 278 g/mol. The lowest BCUT2D eigenvalue weighted by Crippen LogP contribution is -2.56. The minimum absolute atomic E-state index is 0.132. The number of amides is 1. The average molecular weight is 278 g/mol. The van der Waals surface area contributed by atoms with Gasteiger partial charge in [0.1, 0.15) is 0 Å². The van der Waals surface area contributed by atoms with Gasteiger partial charge < -0.3 is 21.3 Å². The van der Waals surface area contributed by atoms with E-state index in [0.717, 1.165) is 18.4 Å². The number of nitrogens with one attached hydrogen (secondary N) is 1. The van der Waals surface area contributed by atoms with Gasteiger partial charge in [-0.2, -0.15) is 0 Å². The van der Waals surface area contributed by atoms with Crippen LogP contribution in [-0.2, 0) is 10.2 Å². The van der Waals surface area contributed by atoms with Crippen LogP contribution >= 0.6 is 0 Å². The summed E-state index contributed by atoms with van der Waals surface area (Å²) in [7, 11) is 0. The second-order valence-corrected chi connectivity index (χ2v) is 5.61. The number of carbonyl (C=O) groups excluding carboxylic acids is 1. The zero-order valence-electron chi connectivity index (χ0n) is 11.7. The fourth-order valence-electron chi connectivity index (χ4n) is 2.38. The molecular formula is C15H22N2O3. The zero-order chi connectivity index (χ0) is 14.8.